The maximum absolute atomic E-state index is 12.0. The van der Waals surface area contributed by atoms with Gasteiger partial charge in [-0.1, -0.05) is 29.8 Å². The van der Waals surface area contributed by atoms with Crippen molar-refractivity contribution in [1.82, 2.24) is 10.4 Å². The van der Waals surface area contributed by atoms with Gasteiger partial charge in [0.25, 0.3) is 0 Å². The molecule has 4 rings (SSSR count). The molecule has 0 fully saturated rings. The summed E-state index contributed by atoms with van der Waals surface area (Å²) in [6.07, 6.45) is 4.68. The third kappa shape index (κ3) is 3.98. The first-order valence-corrected chi connectivity index (χ1v) is 9.76. The van der Waals surface area contributed by atoms with Gasteiger partial charge in [0.2, 0.25) is 6.41 Å². The molecule has 0 unspecified atom stereocenters. The predicted molar refractivity (Wildman–Crippen MR) is 116 cm³/mol. The maximum atomic E-state index is 12.0. The molecule has 2 aromatic carbocycles. The fraction of sp³-hybridized carbons (Fsp3) is 0.167. The zero-order valence-electron chi connectivity index (χ0n) is 17.0. The number of para-hydroxylation sites is 1. The van der Waals surface area contributed by atoms with E-state index in [9.17, 15) is 9.59 Å². The highest BCUT2D eigenvalue weighted by molar-refractivity contribution is 5.94. The van der Waals surface area contributed by atoms with Crippen LogP contribution in [0.1, 0.15) is 20.3 Å². The van der Waals surface area contributed by atoms with E-state index in [1.54, 1.807) is 17.2 Å². The van der Waals surface area contributed by atoms with E-state index in [0.717, 1.165) is 34.7 Å². The van der Waals surface area contributed by atoms with E-state index in [-0.39, 0.29) is 5.78 Å². The summed E-state index contributed by atoms with van der Waals surface area (Å²) in [5.41, 5.74) is 7.61. The zero-order valence-corrected chi connectivity index (χ0v) is 17.0. The van der Waals surface area contributed by atoms with E-state index in [1.165, 1.54) is 0 Å². The summed E-state index contributed by atoms with van der Waals surface area (Å²) < 4.78 is 5.89. The van der Waals surface area contributed by atoms with Crippen LogP contribution in [-0.4, -0.2) is 23.7 Å². The van der Waals surface area contributed by atoms with Gasteiger partial charge in [0.15, 0.2) is 5.78 Å². The summed E-state index contributed by atoms with van der Waals surface area (Å²) in [7, 11) is 0. The molecule has 1 aliphatic heterocycles. The number of anilines is 1. The summed E-state index contributed by atoms with van der Waals surface area (Å²) in [4.78, 5) is 25.5. The fourth-order valence-electron chi connectivity index (χ4n) is 3.53. The Kier molecular flexibility index (Phi) is 5.39. The zero-order chi connectivity index (χ0) is 21.1. The van der Waals surface area contributed by atoms with Crippen LogP contribution in [0, 0.1) is 0 Å². The molecule has 6 heteroatoms. The first-order chi connectivity index (χ1) is 14.5. The Morgan fingerprint density at radius 2 is 1.83 bits per heavy atom. The monoisotopic (exact) mass is 401 g/mol. The highest BCUT2D eigenvalue weighted by Crippen LogP contribution is 2.30. The topological polar surface area (TPSA) is 61.9 Å². The third-order valence-electron chi connectivity index (χ3n) is 5.25. The van der Waals surface area contributed by atoms with Gasteiger partial charge in [-0.2, -0.15) is 0 Å². The molecule has 2 aliphatic rings. The molecular weight excluding hydrogens is 378 g/mol. The van der Waals surface area contributed by atoms with Crippen molar-refractivity contribution in [3.05, 3.63) is 89.4 Å². The van der Waals surface area contributed by atoms with Crippen molar-refractivity contribution in [2.45, 2.75) is 20.3 Å². The Morgan fingerprint density at radius 3 is 2.60 bits per heavy atom. The molecule has 1 amide bonds. The van der Waals surface area contributed by atoms with Crippen molar-refractivity contribution in [2.24, 2.45) is 0 Å². The van der Waals surface area contributed by atoms with Gasteiger partial charge in [0.1, 0.15) is 11.5 Å². The van der Waals surface area contributed by atoms with Gasteiger partial charge >= 0.3 is 0 Å². The van der Waals surface area contributed by atoms with Crippen LogP contribution in [0.5, 0.6) is 11.5 Å². The SMILES string of the molecule is CC1=C(C)C(N2CC(N(C=O)c3cccc(Oc4ccccc4)c3)=CN2)=CC(=O)C1. The number of allylic oxidation sites excluding steroid dienone is 3. The summed E-state index contributed by atoms with van der Waals surface area (Å²) in [6, 6.07) is 16.9. The van der Waals surface area contributed by atoms with Crippen molar-refractivity contribution in [1.29, 1.82) is 0 Å². The molecule has 1 N–H and O–H groups in total. The minimum atomic E-state index is 0.0846. The molecule has 0 saturated heterocycles. The van der Waals surface area contributed by atoms with Crippen LogP contribution in [0.15, 0.2) is 89.4 Å². The lowest BCUT2D eigenvalue weighted by Crippen LogP contribution is -2.33. The maximum Gasteiger partial charge on any atom is 0.218 e. The number of hydrogen-bond acceptors (Lipinski definition) is 5. The molecule has 0 atom stereocenters. The van der Waals surface area contributed by atoms with Gasteiger partial charge in [-0.05, 0) is 43.7 Å². The Labute approximate surface area is 175 Å². The lowest BCUT2D eigenvalue weighted by atomic mass is 9.96. The average molecular weight is 401 g/mol. The van der Waals surface area contributed by atoms with Crippen LogP contribution in [0.4, 0.5) is 5.69 Å². The fourth-order valence-corrected chi connectivity index (χ4v) is 3.53. The van der Waals surface area contributed by atoms with E-state index in [4.69, 9.17) is 4.74 Å². The number of ether oxygens (including phenoxy) is 1. The lowest BCUT2D eigenvalue weighted by Gasteiger charge is -2.27. The molecule has 0 radical (unpaired) electrons. The number of rotatable bonds is 6. The highest BCUT2D eigenvalue weighted by atomic mass is 16.5. The average Bonchev–Trinajstić information content (AvgIpc) is 3.22. The van der Waals surface area contributed by atoms with Crippen molar-refractivity contribution in [3.63, 3.8) is 0 Å². The second-order valence-electron chi connectivity index (χ2n) is 7.32. The molecule has 0 saturated carbocycles. The van der Waals surface area contributed by atoms with Crippen molar-refractivity contribution >= 4 is 17.9 Å². The van der Waals surface area contributed by atoms with Crippen LogP contribution in [0.3, 0.4) is 0 Å². The minimum absolute atomic E-state index is 0.0846. The number of benzene rings is 2. The smallest absolute Gasteiger partial charge is 0.218 e. The van der Waals surface area contributed by atoms with E-state index in [0.29, 0.717) is 24.4 Å². The van der Waals surface area contributed by atoms with Crippen LogP contribution in [0.2, 0.25) is 0 Å². The predicted octanol–water partition coefficient (Wildman–Crippen LogP) is 4.30. The van der Waals surface area contributed by atoms with E-state index >= 15 is 0 Å². The summed E-state index contributed by atoms with van der Waals surface area (Å²) in [6.45, 7) is 4.43. The van der Waals surface area contributed by atoms with E-state index in [2.05, 4.69) is 5.43 Å². The standard InChI is InChI=1S/C24H23N3O3/c1-17-11-21(29)13-24(18(17)2)27-15-20(14-25-27)26(16-28)19-7-6-10-23(12-19)30-22-8-4-3-5-9-22/h3-10,12-14,16,25H,11,15H2,1-2H3. The molecule has 2 aromatic rings. The number of nitrogens with one attached hydrogen (secondary N) is 1. The number of ketones is 1. The molecule has 6 nitrogen and oxygen atoms in total. The molecule has 0 spiro atoms. The Morgan fingerprint density at radius 1 is 1.07 bits per heavy atom. The van der Waals surface area contributed by atoms with Crippen molar-refractivity contribution < 1.29 is 14.3 Å². The summed E-state index contributed by atoms with van der Waals surface area (Å²) in [5.74, 6) is 1.46. The first-order valence-electron chi connectivity index (χ1n) is 9.76. The van der Waals surface area contributed by atoms with Crippen LogP contribution >= 0.6 is 0 Å². The number of hydrazine groups is 1. The number of amides is 1. The van der Waals surface area contributed by atoms with Crippen LogP contribution < -0.4 is 15.1 Å². The second-order valence-corrected chi connectivity index (χ2v) is 7.32. The third-order valence-corrected chi connectivity index (χ3v) is 5.25. The van der Waals surface area contributed by atoms with Crippen molar-refractivity contribution in [2.75, 3.05) is 11.4 Å². The largest absolute Gasteiger partial charge is 0.457 e. The Balaban J connectivity index is 1.52. The number of hydrogen-bond donors (Lipinski definition) is 1. The molecule has 152 valence electrons. The van der Waals surface area contributed by atoms with Gasteiger partial charge in [-0.3, -0.25) is 19.5 Å². The highest BCUT2D eigenvalue weighted by Gasteiger charge is 2.26. The number of carbonyl (C=O) groups excluding carboxylic acids is 2. The summed E-state index contributed by atoms with van der Waals surface area (Å²) in [5, 5.41) is 1.88. The lowest BCUT2D eigenvalue weighted by molar-refractivity contribution is -0.114. The Bertz CT molecular complexity index is 1070. The molecule has 0 aromatic heterocycles. The molecule has 1 aliphatic carbocycles. The molecule has 0 bridgehead atoms. The molecule has 1 heterocycles. The molecule has 30 heavy (non-hydrogen) atoms. The van der Waals surface area contributed by atoms with Crippen LogP contribution in [-0.2, 0) is 9.59 Å². The van der Waals surface area contributed by atoms with E-state index in [1.807, 2.05) is 73.5 Å². The number of nitrogens with zero attached hydrogens (tertiary/aromatic N) is 2. The molecular formula is C24H23N3O3. The van der Waals surface area contributed by atoms with Gasteiger partial charge in [-0.15, -0.1) is 0 Å². The van der Waals surface area contributed by atoms with Gasteiger partial charge in [0.05, 0.1) is 23.6 Å². The van der Waals surface area contributed by atoms with E-state index < -0.39 is 0 Å². The summed E-state index contributed by atoms with van der Waals surface area (Å²) >= 11 is 0. The van der Waals surface area contributed by atoms with Crippen molar-refractivity contribution in [3.8, 4) is 11.5 Å². The van der Waals surface area contributed by atoms with Crippen LogP contribution in [0.25, 0.3) is 0 Å². The van der Waals surface area contributed by atoms with Gasteiger partial charge in [0, 0.05) is 24.8 Å². The van der Waals surface area contributed by atoms with Gasteiger partial charge in [-0.25, -0.2) is 0 Å². The number of carbonyl (C=O) groups is 2. The first kappa shape index (κ1) is 19.5. The minimum Gasteiger partial charge on any atom is -0.457 e. The van der Waals surface area contributed by atoms with Gasteiger partial charge < -0.3 is 10.2 Å². The second kappa shape index (κ2) is 8.29. The quantitative estimate of drug-likeness (QED) is 0.732. The Hall–Kier alpha value is -3.80. The normalized spacial score (nSPS) is 16.1.